The fourth-order valence-corrected chi connectivity index (χ4v) is 3.47. The van der Waals surface area contributed by atoms with Gasteiger partial charge in [-0.3, -0.25) is 0 Å². The first kappa shape index (κ1) is 17.7. The standard InChI is InChI=1S/C17H24ClN5O2/c1-2-3-7-25-17(24)22-11-5-4-6-23(10-11)15-12(18)8-20-16-14(15)13(19)9-21-16/h8-9,11H,2-7,10,19H2,1H3,(H,20,21)(H,22,24)/t11-/m1/s1. The fraction of sp³-hybridized carbons (Fsp3) is 0.529. The van der Waals surface area contributed by atoms with Crippen molar-refractivity contribution in [2.75, 3.05) is 30.3 Å². The minimum absolute atomic E-state index is 0.0160. The number of alkyl carbamates (subject to hydrolysis) is 1. The van der Waals surface area contributed by atoms with Crippen LogP contribution in [-0.2, 0) is 4.74 Å². The van der Waals surface area contributed by atoms with E-state index < -0.39 is 0 Å². The second-order valence-electron chi connectivity index (χ2n) is 6.34. The van der Waals surface area contributed by atoms with Crippen LogP contribution in [0.5, 0.6) is 0 Å². The number of carbonyl (C=O) groups excluding carboxylic acids is 1. The average molecular weight is 366 g/mol. The zero-order chi connectivity index (χ0) is 17.8. The Hall–Kier alpha value is -2.15. The summed E-state index contributed by atoms with van der Waals surface area (Å²) in [5.74, 6) is 0. The molecule has 2 aromatic rings. The van der Waals surface area contributed by atoms with Crippen LogP contribution in [0, 0.1) is 0 Å². The van der Waals surface area contributed by atoms with Crippen molar-refractivity contribution >= 4 is 40.1 Å². The van der Waals surface area contributed by atoms with E-state index in [4.69, 9.17) is 22.1 Å². The number of nitrogens with zero attached hydrogens (tertiary/aromatic N) is 2. The highest BCUT2D eigenvalue weighted by Gasteiger charge is 2.26. The number of pyridine rings is 1. The number of rotatable bonds is 5. The number of aromatic nitrogens is 2. The molecule has 3 heterocycles. The zero-order valence-electron chi connectivity index (χ0n) is 14.3. The molecular weight excluding hydrogens is 342 g/mol. The van der Waals surface area contributed by atoms with Crippen molar-refractivity contribution in [1.29, 1.82) is 0 Å². The molecule has 0 aromatic carbocycles. The summed E-state index contributed by atoms with van der Waals surface area (Å²) in [6, 6.07) is 0.0160. The summed E-state index contributed by atoms with van der Waals surface area (Å²) in [5, 5.41) is 4.35. The van der Waals surface area contributed by atoms with E-state index in [1.54, 1.807) is 12.4 Å². The van der Waals surface area contributed by atoms with Crippen molar-refractivity contribution in [3.8, 4) is 0 Å². The van der Waals surface area contributed by atoms with Crippen molar-refractivity contribution in [3.05, 3.63) is 17.4 Å². The van der Waals surface area contributed by atoms with Crippen molar-refractivity contribution < 1.29 is 9.53 Å². The summed E-state index contributed by atoms with van der Waals surface area (Å²) in [4.78, 5) is 21.4. The predicted molar refractivity (Wildman–Crippen MR) is 100 cm³/mol. The molecule has 1 saturated heterocycles. The van der Waals surface area contributed by atoms with E-state index in [9.17, 15) is 4.79 Å². The summed E-state index contributed by atoms with van der Waals surface area (Å²) < 4.78 is 5.20. The Bertz CT molecular complexity index is 748. The lowest BCUT2D eigenvalue weighted by Gasteiger charge is -2.35. The van der Waals surface area contributed by atoms with Gasteiger partial charge in [-0.25, -0.2) is 9.78 Å². The highest BCUT2D eigenvalue weighted by molar-refractivity contribution is 6.35. The molecule has 0 spiro atoms. The lowest BCUT2D eigenvalue weighted by Crippen LogP contribution is -2.48. The lowest BCUT2D eigenvalue weighted by atomic mass is 10.0. The number of nitrogens with two attached hydrogens (primary N) is 1. The van der Waals surface area contributed by atoms with Crippen LogP contribution in [0.15, 0.2) is 12.4 Å². The Kier molecular flexibility index (Phi) is 5.53. The van der Waals surface area contributed by atoms with Crippen molar-refractivity contribution in [2.24, 2.45) is 0 Å². The van der Waals surface area contributed by atoms with Gasteiger partial charge in [0.2, 0.25) is 0 Å². The number of H-pyrrole nitrogens is 1. The topological polar surface area (TPSA) is 96.3 Å². The smallest absolute Gasteiger partial charge is 0.407 e. The number of aromatic amines is 1. The molecule has 2 aromatic heterocycles. The van der Waals surface area contributed by atoms with E-state index in [2.05, 4.69) is 27.1 Å². The molecule has 8 heteroatoms. The molecule has 25 heavy (non-hydrogen) atoms. The molecule has 0 bridgehead atoms. The van der Waals surface area contributed by atoms with Gasteiger partial charge in [-0.1, -0.05) is 24.9 Å². The SMILES string of the molecule is CCCCOC(=O)N[C@@H]1CCCN(c2c(Cl)cnc3[nH]cc(N)c23)C1. The Balaban J connectivity index is 1.73. The molecule has 1 atom stereocenters. The van der Waals surface area contributed by atoms with Gasteiger partial charge in [-0.15, -0.1) is 0 Å². The third-order valence-corrected chi connectivity index (χ3v) is 4.73. The Morgan fingerprint density at radius 2 is 2.44 bits per heavy atom. The lowest BCUT2D eigenvalue weighted by molar-refractivity contribution is 0.139. The number of nitrogen functional groups attached to an aromatic ring is 1. The first-order chi connectivity index (χ1) is 12.1. The third kappa shape index (κ3) is 3.92. The van der Waals surface area contributed by atoms with Crippen LogP contribution in [0.2, 0.25) is 5.02 Å². The molecule has 1 fully saturated rings. The Morgan fingerprint density at radius 1 is 1.60 bits per heavy atom. The number of hydrogen-bond donors (Lipinski definition) is 3. The largest absolute Gasteiger partial charge is 0.450 e. The van der Waals surface area contributed by atoms with Gasteiger partial charge in [-0.2, -0.15) is 0 Å². The monoisotopic (exact) mass is 365 g/mol. The summed E-state index contributed by atoms with van der Waals surface area (Å²) in [7, 11) is 0. The molecule has 7 nitrogen and oxygen atoms in total. The van der Waals surface area contributed by atoms with Crippen LogP contribution in [0.4, 0.5) is 16.2 Å². The fourth-order valence-electron chi connectivity index (χ4n) is 3.20. The molecule has 1 aliphatic rings. The van der Waals surface area contributed by atoms with E-state index in [-0.39, 0.29) is 12.1 Å². The first-order valence-electron chi connectivity index (χ1n) is 8.69. The van der Waals surface area contributed by atoms with Crippen molar-refractivity contribution in [3.63, 3.8) is 0 Å². The maximum Gasteiger partial charge on any atom is 0.407 e. The molecule has 0 aliphatic carbocycles. The van der Waals surface area contributed by atoms with E-state index in [1.807, 2.05) is 0 Å². The minimum atomic E-state index is -0.354. The predicted octanol–water partition coefficient (Wildman–Crippen LogP) is 3.29. The van der Waals surface area contributed by atoms with E-state index in [0.29, 0.717) is 29.5 Å². The van der Waals surface area contributed by atoms with Crippen molar-refractivity contribution in [1.82, 2.24) is 15.3 Å². The van der Waals surface area contributed by atoms with Crippen molar-refractivity contribution in [2.45, 2.75) is 38.6 Å². The Morgan fingerprint density at radius 3 is 3.24 bits per heavy atom. The highest BCUT2D eigenvalue weighted by Crippen LogP contribution is 2.37. The van der Waals surface area contributed by atoms with Crippen LogP contribution < -0.4 is 16.0 Å². The van der Waals surface area contributed by atoms with Gasteiger partial charge in [-0.05, 0) is 19.3 Å². The molecule has 1 aliphatic heterocycles. The Labute approximate surface area is 151 Å². The zero-order valence-corrected chi connectivity index (χ0v) is 15.1. The highest BCUT2D eigenvalue weighted by atomic mass is 35.5. The molecule has 4 N–H and O–H groups in total. The van der Waals surface area contributed by atoms with E-state index in [0.717, 1.165) is 43.3 Å². The van der Waals surface area contributed by atoms with Crippen LogP contribution >= 0.6 is 11.6 Å². The summed E-state index contributed by atoms with van der Waals surface area (Å²) in [6.45, 7) is 4.03. The summed E-state index contributed by atoms with van der Waals surface area (Å²) in [6.07, 6.45) is 6.74. The maximum atomic E-state index is 11.9. The van der Waals surface area contributed by atoms with E-state index in [1.165, 1.54) is 0 Å². The van der Waals surface area contributed by atoms with E-state index >= 15 is 0 Å². The molecule has 0 saturated carbocycles. The molecule has 0 radical (unpaired) electrons. The number of unbranched alkanes of at least 4 members (excludes halogenated alkanes) is 1. The number of fused-ring (bicyclic) bond motifs is 1. The molecule has 1 amide bonds. The second kappa shape index (κ2) is 7.82. The normalized spacial score (nSPS) is 17.7. The number of ether oxygens (including phenoxy) is 1. The van der Waals surface area contributed by atoms with Gasteiger partial charge in [0.1, 0.15) is 5.65 Å². The van der Waals surface area contributed by atoms with Gasteiger partial charge < -0.3 is 25.7 Å². The summed E-state index contributed by atoms with van der Waals surface area (Å²) in [5.41, 5.74) is 8.29. The number of amides is 1. The second-order valence-corrected chi connectivity index (χ2v) is 6.75. The first-order valence-corrected chi connectivity index (χ1v) is 9.07. The van der Waals surface area contributed by atoms with Crippen LogP contribution in [0.3, 0.4) is 0 Å². The average Bonchev–Trinajstić information content (AvgIpc) is 2.96. The van der Waals surface area contributed by atoms with Crippen LogP contribution in [0.25, 0.3) is 11.0 Å². The number of hydrogen-bond acceptors (Lipinski definition) is 5. The maximum absolute atomic E-state index is 11.9. The quantitative estimate of drug-likeness (QED) is 0.706. The van der Waals surface area contributed by atoms with Gasteiger partial charge in [0.25, 0.3) is 0 Å². The van der Waals surface area contributed by atoms with Gasteiger partial charge in [0.15, 0.2) is 0 Å². The molecule has 136 valence electrons. The minimum Gasteiger partial charge on any atom is -0.450 e. The van der Waals surface area contributed by atoms with Gasteiger partial charge >= 0.3 is 6.09 Å². The number of nitrogens with one attached hydrogen (secondary N) is 2. The number of piperidine rings is 1. The molecule has 0 unspecified atom stereocenters. The summed E-state index contributed by atoms with van der Waals surface area (Å²) >= 11 is 6.42. The number of carbonyl (C=O) groups is 1. The molecular formula is C17H24ClN5O2. The van der Waals surface area contributed by atoms with Gasteiger partial charge in [0.05, 0.1) is 34.6 Å². The van der Waals surface area contributed by atoms with Crippen LogP contribution in [0.1, 0.15) is 32.6 Å². The molecule has 3 rings (SSSR count). The third-order valence-electron chi connectivity index (χ3n) is 4.45. The number of halogens is 1. The van der Waals surface area contributed by atoms with Crippen LogP contribution in [-0.4, -0.2) is 41.8 Å². The number of anilines is 2. The van der Waals surface area contributed by atoms with Gasteiger partial charge in [0, 0.05) is 25.3 Å².